The van der Waals surface area contributed by atoms with Crippen molar-refractivity contribution in [2.75, 3.05) is 11.5 Å². The third kappa shape index (κ3) is 13.2. The van der Waals surface area contributed by atoms with Gasteiger partial charge in [-0.05, 0) is 36.7 Å². The summed E-state index contributed by atoms with van der Waals surface area (Å²) in [4.78, 5) is 23.5. The fraction of sp³-hybridized carbons (Fsp3) is 0.909. The van der Waals surface area contributed by atoms with Crippen LogP contribution in [0, 0.1) is 5.92 Å². The zero-order chi connectivity index (χ0) is 19.7. The zero-order valence-corrected chi connectivity index (χ0v) is 18.2. The first-order valence-corrected chi connectivity index (χ1v) is 12.4. The van der Waals surface area contributed by atoms with E-state index in [1.165, 1.54) is 69.3 Å². The third-order valence-corrected chi connectivity index (χ3v) is 6.56. The van der Waals surface area contributed by atoms with E-state index >= 15 is 0 Å². The summed E-state index contributed by atoms with van der Waals surface area (Å²) in [5.74, 6) is 2.00. The number of nitrogens with one attached hydrogen (secondary N) is 1. The van der Waals surface area contributed by atoms with E-state index < -0.39 is 12.0 Å². The Balaban J connectivity index is 2.02. The van der Waals surface area contributed by atoms with Gasteiger partial charge in [0.2, 0.25) is 5.91 Å². The zero-order valence-electron chi connectivity index (χ0n) is 17.3. The Morgan fingerprint density at radius 3 is 2.15 bits per heavy atom. The van der Waals surface area contributed by atoms with Gasteiger partial charge in [-0.3, -0.25) is 4.79 Å². The second-order valence-corrected chi connectivity index (χ2v) is 9.37. The molecule has 1 saturated carbocycles. The number of rotatable bonds is 16. The lowest BCUT2D eigenvalue weighted by Gasteiger charge is -2.25. The molecule has 4 nitrogen and oxygen atoms in total. The molecule has 0 saturated heterocycles. The highest BCUT2D eigenvalue weighted by molar-refractivity contribution is 7.99. The largest absolute Gasteiger partial charge is 0.480 e. The maximum Gasteiger partial charge on any atom is 0.326 e. The molecule has 0 aromatic rings. The molecular formula is C22H41NO3S. The van der Waals surface area contributed by atoms with Gasteiger partial charge in [0, 0.05) is 6.42 Å². The lowest BCUT2D eigenvalue weighted by atomic mass is 9.85. The lowest BCUT2D eigenvalue weighted by Crippen LogP contribution is -2.42. The molecule has 1 rings (SSSR count). The van der Waals surface area contributed by atoms with Gasteiger partial charge < -0.3 is 10.4 Å². The second kappa shape index (κ2) is 16.3. The van der Waals surface area contributed by atoms with E-state index in [2.05, 4.69) is 12.2 Å². The van der Waals surface area contributed by atoms with Gasteiger partial charge in [0.25, 0.3) is 0 Å². The number of carbonyl (C=O) groups is 2. The van der Waals surface area contributed by atoms with Crippen molar-refractivity contribution in [3.05, 3.63) is 0 Å². The van der Waals surface area contributed by atoms with Crippen molar-refractivity contribution < 1.29 is 14.7 Å². The molecule has 0 aliphatic heterocycles. The molecule has 0 aromatic carbocycles. The number of unbranched alkanes of at least 4 members (excludes halogenated alkanes) is 7. The van der Waals surface area contributed by atoms with E-state index in [4.69, 9.17) is 0 Å². The Labute approximate surface area is 170 Å². The first kappa shape index (κ1) is 24.3. The summed E-state index contributed by atoms with van der Waals surface area (Å²) in [6.07, 6.45) is 16.6. The Bertz CT molecular complexity index is 397. The lowest BCUT2D eigenvalue weighted by molar-refractivity contribution is -0.142. The van der Waals surface area contributed by atoms with E-state index in [0.717, 1.165) is 25.7 Å². The Kier molecular flexibility index (Phi) is 14.7. The summed E-state index contributed by atoms with van der Waals surface area (Å²) in [6, 6.07) is -0.702. The maximum absolute atomic E-state index is 12.1. The minimum absolute atomic E-state index is 0.0911. The van der Waals surface area contributed by atoms with Crippen LogP contribution in [0.25, 0.3) is 0 Å². The first-order chi connectivity index (χ1) is 13.1. The predicted molar refractivity (Wildman–Crippen MR) is 115 cm³/mol. The molecular weight excluding hydrogens is 358 g/mol. The number of amides is 1. The summed E-state index contributed by atoms with van der Waals surface area (Å²) >= 11 is 2.03. The summed E-state index contributed by atoms with van der Waals surface area (Å²) in [5.41, 5.74) is 0. The summed E-state index contributed by atoms with van der Waals surface area (Å²) in [7, 11) is 0. The summed E-state index contributed by atoms with van der Waals surface area (Å²) in [6.45, 7) is 2.21. The van der Waals surface area contributed by atoms with Crippen molar-refractivity contribution >= 4 is 23.6 Å². The van der Waals surface area contributed by atoms with Gasteiger partial charge in [-0.2, -0.15) is 11.8 Å². The van der Waals surface area contributed by atoms with E-state index in [1.54, 1.807) is 0 Å². The number of carboxylic acid groups (broad SMARTS) is 1. The molecule has 0 radical (unpaired) electrons. The fourth-order valence-corrected chi connectivity index (χ4v) is 4.64. The Morgan fingerprint density at radius 2 is 1.56 bits per heavy atom. The summed E-state index contributed by atoms with van der Waals surface area (Å²) in [5, 5.41) is 12.2. The van der Waals surface area contributed by atoms with Crippen molar-refractivity contribution in [1.82, 2.24) is 5.32 Å². The molecule has 5 heteroatoms. The molecule has 1 aliphatic rings. The van der Waals surface area contributed by atoms with E-state index in [-0.39, 0.29) is 5.91 Å². The third-order valence-electron chi connectivity index (χ3n) is 5.57. The van der Waals surface area contributed by atoms with Gasteiger partial charge in [-0.1, -0.05) is 77.6 Å². The highest BCUT2D eigenvalue weighted by atomic mass is 32.2. The highest BCUT2D eigenvalue weighted by Gasteiger charge is 2.25. The van der Waals surface area contributed by atoms with Crippen LogP contribution in [0.5, 0.6) is 0 Å². The number of hydrogen-bond acceptors (Lipinski definition) is 3. The number of carboxylic acids is 1. The summed E-state index contributed by atoms with van der Waals surface area (Å²) < 4.78 is 0. The Morgan fingerprint density at radius 1 is 0.963 bits per heavy atom. The second-order valence-electron chi connectivity index (χ2n) is 7.97. The molecule has 0 bridgehead atoms. The minimum Gasteiger partial charge on any atom is -0.480 e. The van der Waals surface area contributed by atoms with Crippen LogP contribution in [-0.4, -0.2) is 34.5 Å². The number of carbonyl (C=O) groups excluding carboxylic acids is 1. The van der Waals surface area contributed by atoms with Crippen molar-refractivity contribution in [3.8, 4) is 0 Å². The molecule has 2 N–H and O–H groups in total. The average Bonchev–Trinajstić information content (AvgIpc) is 2.66. The quantitative estimate of drug-likeness (QED) is 0.322. The van der Waals surface area contributed by atoms with Crippen LogP contribution in [0.4, 0.5) is 0 Å². The van der Waals surface area contributed by atoms with Crippen LogP contribution in [0.1, 0.15) is 103 Å². The molecule has 0 heterocycles. The highest BCUT2D eigenvalue weighted by Crippen LogP contribution is 2.27. The van der Waals surface area contributed by atoms with Crippen molar-refractivity contribution in [1.29, 1.82) is 0 Å². The SMILES string of the molecule is CCSCCCCCCCCCCC(=O)NC(CC1CCCCC1)C(=O)O. The van der Waals surface area contributed by atoms with Crippen LogP contribution < -0.4 is 5.32 Å². The molecule has 27 heavy (non-hydrogen) atoms. The van der Waals surface area contributed by atoms with Crippen LogP contribution in [-0.2, 0) is 9.59 Å². The van der Waals surface area contributed by atoms with E-state index in [9.17, 15) is 14.7 Å². The fourth-order valence-electron chi connectivity index (χ4n) is 3.94. The first-order valence-electron chi connectivity index (χ1n) is 11.2. The number of thioether (sulfide) groups is 1. The van der Waals surface area contributed by atoms with Crippen LogP contribution in [0.3, 0.4) is 0 Å². The van der Waals surface area contributed by atoms with Crippen LogP contribution in [0.2, 0.25) is 0 Å². The maximum atomic E-state index is 12.1. The predicted octanol–water partition coefficient (Wildman–Crippen LogP) is 5.79. The molecule has 1 unspecified atom stereocenters. The molecule has 1 atom stereocenters. The van der Waals surface area contributed by atoms with E-state index in [1.807, 2.05) is 11.8 Å². The van der Waals surface area contributed by atoms with Crippen LogP contribution in [0.15, 0.2) is 0 Å². The Hall–Kier alpha value is -0.710. The van der Waals surface area contributed by atoms with Gasteiger partial charge in [0.15, 0.2) is 0 Å². The molecule has 0 aromatic heterocycles. The van der Waals surface area contributed by atoms with Gasteiger partial charge in [0.05, 0.1) is 0 Å². The standard InChI is InChI=1S/C22H41NO3S/c1-2-27-17-13-8-6-4-3-5-7-12-16-21(24)23-20(22(25)26)18-19-14-10-9-11-15-19/h19-20H,2-18H2,1H3,(H,23,24)(H,25,26). The normalized spacial score (nSPS) is 16.2. The minimum atomic E-state index is -0.883. The monoisotopic (exact) mass is 399 g/mol. The average molecular weight is 400 g/mol. The van der Waals surface area contributed by atoms with Crippen LogP contribution >= 0.6 is 11.8 Å². The van der Waals surface area contributed by atoms with Gasteiger partial charge >= 0.3 is 5.97 Å². The van der Waals surface area contributed by atoms with Crippen molar-refractivity contribution in [2.24, 2.45) is 5.92 Å². The van der Waals surface area contributed by atoms with E-state index in [0.29, 0.717) is 18.8 Å². The molecule has 158 valence electrons. The van der Waals surface area contributed by atoms with Crippen molar-refractivity contribution in [3.63, 3.8) is 0 Å². The molecule has 0 spiro atoms. The number of hydrogen-bond donors (Lipinski definition) is 2. The topological polar surface area (TPSA) is 66.4 Å². The van der Waals surface area contributed by atoms with Crippen molar-refractivity contribution in [2.45, 2.75) is 109 Å². The molecule has 1 fully saturated rings. The van der Waals surface area contributed by atoms with Gasteiger partial charge in [-0.15, -0.1) is 0 Å². The van der Waals surface area contributed by atoms with Gasteiger partial charge in [-0.25, -0.2) is 4.79 Å². The van der Waals surface area contributed by atoms with Gasteiger partial charge in [0.1, 0.15) is 6.04 Å². The number of aliphatic carboxylic acids is 1. The molecule has 1 aliphatic carbocycles. The smallest absolute Gasteiger partial charge is 0.326 e. The molecule has 1 amide bonds.